The van der Waals surface area contributed by atoms with E-state index in [-0.39, 0.29) is 29.3 Å². The molecule has 1 aliphatic rings. The molecule has 208 valence electrons. The largest absolute Gasteiger partial charge is 0.457 e. The van der Waals surface area contributed by atoms with Crippen LogP contribution in [0.2, 0.25) is 0 Å². The summed E-state index contributed by atoms with van der Waals surface area (Å²) in [6.45, 7) is 3.96. The highest BCUT2D eigenvalue weighted by atomic mass is 19.1. The summed E-state index contributed by atoms with van der Waals surface area (Å²) in [6.07, 6.45) is 1.84. The van der Waals surface area contributed by atoms with E-state index in [2.05, 4.69) is 10.2 Å². The number of para-hydroxylation sites is 1. The second-order valence-corrected chi connectivity index (χ2v) is 10.3. The summed E-state index contributed by atoms with van der Waals surface area (Å²) >= 11 is 0. The molecule has 0 aliphatic carbocycles. The average molecular weight is 545 g/mol. The molecule has 0 saturated carbocycles. The molecule has 0 bridgehead atoms. The first-order chi connectivity index (χ1) is 19.4. The van der Waals surface area contributed by atoms with Crippen LogP contribution >= 0.6 is 0 Å². The van der Waals surface area contributed by atoms with Crippen LogP contribution in [0.25, 0.3) is 10.9 Å². The zero-order chi connectivity index (χ0) is 28.1. The highest BCUT2D eigenvalue weighted by Gasteiger charge is 2.24. The van der Waals surface area contributed by atoms with Crippen LogP contribution < -0.4 is 10.1 Å². The lowest BCUT2D eigenvalue weighted by molar-refractivity contribution is 0.0785. The predicted molar refractivity (Wildman–Crippen MR) is 153 cm³/mol. The number of rotatable bonds is 9. The van der Waals surface area contributed by atoms with Crippen LogP contribution in [0.15, 0.2) is 72.8 Å². The van der Waals surface area contributed by atoms with Gasteiger partial charge < -0.3 is 19.9 Å². The molecule has 1 saturated heterocycles. The molecular formula is C32H34F2N4O2. The number of benzene rings is 3. The lowest BCUT2D eigenvalue weighted by atomic mass is 9.91. The van der Waals surface area contributed by atoms with Gasteiger partial charge in [0.1, 0.15) is 23.1 Å². The number of hydrogen-bond acceptors (Lipinski definition) is 5. The van der Waals surface area contributed by atoms with Crippen molar-refractivity contribution in [2.24, 2.45) is 0 Å². The van der Waals surface area contributed by atoms with E-state index >= 15 is 4.39 Å². The number of amides is 1. The number of halogens is 2. The minimum Gasteiger partial charge on any atom is -0.457 e. The molecule has 1 N–H and O–H groups in total. The lowest BCUT2D eigenvalue weighted by Gasteiger charge is -2.32. The molecular weight excluding hydrogens is 510 g/mol. The highest BCUT2D eigenvalue weighted by molar-refractivity contribution is 5.95. The topological polar surface area (TPSA) is 57.7 Å². The third kappa shape index (κ3) is 6.46. The van der Waals surface area contributed by atoms with Gasteiger partial charge in [-0.05, 0) is 74.9 Å². The maximum absolute atomic E-state index is 15.1. The van der Waals surface area contributed by atoms with E-state index in [4.69, 9.17) is 9.72 Å². The van der Waals surface area contributed by atoms with Crippen molar-refractivity contribution < 1.29 is 18.3 Å². The second kappa shape index (κ2) is 12.5. The van der Waals surface area contributed by atoms with Crippen LogP contribution in [0, 0.1) is 11.6 Å². The van der Waals surface area contributed by atoms with Crippen molar-refractivity contribution >= 4 is 16.8 Å². The predicted octanol–water partition coefficient (Wildman–Crippen LogP) is 5.98. The molecule has 6 nitrogen and oxygen atoms in total. The summed E-state index contributed by atoms with van der Waals surface area (Å²) in [4.78, 5) is 22.1. The standard InChI is InChI=1S/C32H34F2N4O2/c1-35-13-16-38-14-11-22(12-15-38)29-18-24(31-28(34)19-25(33)20-30(31)36-29)21-37(2)32(39)23-7-6-10-27(17-23)40-26-8-4-3-5-9-26/h3-10,17-20,22,35H,11-16,21H2,1-2H3. The van der Waals surface area contributed by atoms with Crippen LogP contribution in [0.5, 0.6) is 11.5 Å². The Kier molecular flexibility index (Phi) is 8.67. The Labute approximate surface area is 233 Å². The molecule has 0 atom stereocenters. The number of likely N-dealkylation sites (tertiary alicyclic amines) is 1. The van der Waals surface area contributed by atoms with E-state index in [0.717, 1.165) is 50.8 Å². The zero-order valence-corrected chi connectivity index (χ0v) is 22.9. The molecule has 0 radical (unpaired) electrons. The van der Waals surface area contributed by atoms with E-state index in [9.17, 15) is 9.18 Å². The molecule has 4 aromatic rings. The van der Waals surface area contributed by atoms with Crippen molar-refractivity contribution in [2.45, 2.75) is 25.3 Å². The minimum atomic E-state index is -0.676. The number of aromatic nitrogens is 1. The van der Waals surface area contributed by atoms with Crippen molar-refractivity contribution in [1.82, 2.24) is 20.1 Å². The van der Waals surface area contributed by atoms with Gasteiger partial charge in [-0.25, -0.2) is 8.78 Å². The smallest absolute Gasteiger partial charge is 0.254 e. The second-order valence-electron chi connectivity index (χ2n) is 10.3. The van der Waals surface area contributed by atoms with Crippen LogP contribution in [0.3, 0.4) is 0 Å². The summed E-state index contributed by atoms with van der Waals surface area (Å²) in [7, 11) is 3.63. The molecule has 0 unspecified atom stereocenters. The van der Waals surface area contributed by atoms with E-state index in [1.807, 2.05) is 43.4 Å². The highest BCUT2D eigenvalue weighted by Crippen LogP contribution is 2.32. The van der Waals surface area contributed by atoms with Gasteiger partial charge >= 0.3 is 0 Å². The molecule has 40 heavy (non-hydrogen) atoms. The van der Waals surface area contributed by atoms with Crippen LogP contribution in [-0.2, 0) is 6.54 Å². The van der Waals surface area contributed by atoms with Crippen molar-refractivity contribution in [3.8, 4) is 11.5 Å². The van der Waals surface area contributed by atoms with Gasteiger partial charge in [-0.1, -0.05) is 24.3 Å². The Hall–Kier alpha value is -3.88. The molecule has 1 aromatic heterocycles. The molecule has 5 rings (SSSR count). The quantitative estimate of drug-likeness (QED) is 0.281. The summed E-state index contributed by atoms with van der Waals surface area (Å²) in [5.41, 5.74) is 2.17. The van der Waals surface area contributed by atoms with Gasteiger partial charge in [-0.15, -0.1) is 0 Å². The van der Waals surface area contributed by atoms with Crippen molar-refractivity contribution in [1.29, 1.82) is 0 Å². The van der Waals surface area contributed by atoms with Gasteiger partial charge in [-0.3, -0.25) is 9.78 Å². The first-order valence-corrected chi connectivity index (χ1v) is 13.6. The maximum Gasteiger partial charge on any atom is 0.254 e. The summed E-state index contributed by atoms with van der Waals surface area (Å²) < 4.78 is 35.2. The Morgan fingerprint density at radius 1 is 1.02 bits per heavy atom. The molecule has 2 heterocycles. The van der Waals surface area contributed by atoms with Gasteiger partial charge in [0.05, 0.1) is 5.52 Å². The first-order valence-electron chi connectivity index (χ1n) is 13.6. The number of carbonyl (C=O) groups is 1. The number of pyridine rings is 1. The first kappa shape index (κ1) is 27.7. The Bertz CT molecular complexity index is 1470. The van der Waals surface area contributed by atoms with E-state index in [1.54, 1.807) is 36.2 Å². The number of nitrogens with one attached hydrogen (secondary N) is 1. The molecule has 0 spiro atoms. The lowest BCUT2D eigenvalue weighted by Crippen LogP contribution is -2.37. The molecule has 8 heteroatoms. The fraction of sp³-hybridized carbons (Fsp3) is 0.312. The third-order valence-electron chi connectivity index (χ3n) is 7.42. The van der Waals surface area contributed by atoms with Gasteiger partial charge in [0, 0.05) is 61.4 Å². The average Bonchev–Trinajstić information content (AvgIpc) is 2.96. The summed E-state index contributed by atoms with van der Waals surface area (Å²) in [5, 5.41) is 3.43. The SMILES string of the molecule is CNCCN1CCC(c2cc(CN(C)C(=O)c3cccc(Oc4ccccc4)c3)c3c(F)cc(F)cc3n2)CC1. The van der Waals surface area contributed by atoms with Gasteiger partial charge in [0.2, 0.25) is 0 Å². The fourth-order valence-corrected chi connectivity index (χ4v) is 5.31. The number of hydrogen-bond donors (Lipinski definition) is 1. The third-order valence-corrected chi connectivity index (χ3v) is 7.42. The number of likely N-dealkylation sites (N-methyl/N-ethyl adjacent to an activating group) is 1. The molecule has 1 amide bonds. The number of ether oxygens (including phenoxy) is 1. The van der Waals surface area contributed by atoms with Crippen LogP contribution in [0.1, 0.15) is 40.4 Å². The van der Waals surface area contributed by atoms with Crippen molar-refractivity contribution in [3.05, 3.63) is 101 Å². The fourth-order valence-electron chi connectivity index (χ4n) is 5.31. The Balaban J connectivity index is 1.38. The van der Waals surface area contributed by atoms with E-state index in [0.29, 0.717) is 22.6 Å². The number of nitrogens with zero attached hydrogens (tertiary/aromatic N) is 3. The zero-order valence-electron chi connectivity index (χ0n) is 22.9. The molecule has 1 aliphatic heterocycles. The van der Waals surface area contributed by atoms with Crippen LogP contribution in [0.4, 0.5) is 8.78 Å². The normalized spacial score (nSPS) is 14.4. The number of fused-ring (bicyclic) bond motifs is 1. The van der Waals surface area contributed by atoms with Crippen molar-refractivity contribution in [3.63, 3.8) is 0 Å². The van der Waals surface area contributed by atoms with Crippen molar-refractivity contribution in [2.75, 3.05) is 40.3 Å². The Morgan fingerprint density at radius 2 is 1.77 bits per heavy atom. The van der Waals surface area contributed by atoms with E-state index in [1.165, 1.54) is 6.07 Å². The number of piperidine rings is 1. The molecule has 1 fully saturated rings. The Morgan fingerprint density at radius 3 is 2.52 bits per heavy atom. The van der Waals surface area contributed by atoms with Gasteiger partial charge in [0.15, 0.2) is 0 Å². The monoisotopic (exact) mass is 544 g/mol. The van der Waals surface area contributed by atoms with E-state index < -0.39 is 11.6 Å². The summed E-state index contributed by atoms with van der Waals surface area (Å²) in [6, 6.07) is 20.4. The maximum atomic E-state index is 15.1. The summed E-state index contributed by atoms with van der Waals surface area (Å²) in [5.74, 6) is -0.165. The minimum absolute atomic E-state index is 0.151. The van der Waals surface area contributed by atoms with Crippen LogP contribution in [-0.4, -0.2) is 61.0 Å². The van der Waals surface area contributed by atoms with Gasteiger partial charge in [0.25, 0.3) is 5.91 Å². The molecule has 3 aromatic carbocycles. The number of carbonyl (C=O) groups excluding carboxylic acids is 1. The van der Waals surface area contributed by atoms with Gasteiger partial charge in [-0.2, -0.15) is 0 Å².